The van der Waals surface area contributed by atoms with E-state index >= 15 is 0 Å². The lowest BCUT2D eigenvalue weighted by Gasteiger charge is -2.34. The van der Waals surface area contributed by atoms with E-state index in [2.05, 4.69) is 0 Å². The molecule has 0 saturated carbocycles. The second kappa shape index (κ2) is 4.23. The van der Waals surface area contributed by atoms with Crippen LogP contribution in [0, 0.1) is 0 Å². The molecule has 1 heterocycles. The van der Waals surface area contributed by atoms with E-state index in [1.807, 2.05) is 0 Å². The Morgan fingerprint density at radius 1 is 1.39 bits per heavy atom. The topological polar surface area (TPSA) is 121 Å². The smallest absolute Gasteiger partial charge is 0.337 e. The summed E-state index contributed by atoms with van der Waals surface area (Å²) in [5, 5.41) is 18.1. The van der Waals surface area contributed by atoms with Gasteiger partial charge in [0.2, 0.25) is 10.0 Å². The highest BCUT2D eigenvalue weighted by molar-refractivity contribution is 7.89. The van der Waals surface area contributed by atoms with E-state index in [1.54, 1.807) is 0 Å². The number of carbonyl (C=O) groups is 1. The van der Waals surface area contributed by atoms with Gasteiger partial charge in [-0.15, -0.1) is 0 Å². The van der Waals surface area contributed by atoms with Crippen LogP contribution < -0.4 is 5.73 Å². The Balaban J connectivity index is 2.49. The van der Waals surface area contributed by atoms with Crippen LogP contribution in [0.2, 0.25) is 0 Å². The zero-order valence-corrected chi connectivity index (χ0v) is 10.1. The van der Waals surface area contributed by atoms with E-state index in [0.717, 1.165) is 16.4 Å². The molecular weight excluding hydrogens is 260 g/mol. The van der Waals surface area contributed by atoms with Crippen LogP contribution in [0.1, 0.15) is 10.4 Å². The fourth-order valence-electron chi connectivity index (χ4n) is 1.68. The molecule has 0 aromatic heterocycles. The highest BCUT2D eigenvalue weighted by Gasteiger charge is 2.37. The van der Waals surface area contributed by atoms with E-state index in [9.17, 15) is 13.2 Å². The van der Waals surface area contributed by atoms with Crippen molar-refractivity contribution in [2.24, 2.45) is 0 Å². The number of β-amino-alcohol motifs (C(OH)–C–C–N with tert-alkyl or cyclic N) is 1. The van der Waals surface area contributed by atoms with Crippen molar-refractivity contribution >= 4 is 21.7 Å². The third-order valence-electron chi connectivity index (χ3n) is 2.68. The number of aliphatic hydroxyl groups is 1. The van der Waals surface area contributed by atoms with Gasteiger partial charge in [-0.3, -0.25) is 0 Å². The lowest BCUT2D eigenvalue weighted by atomic mass is 10.2. The molecule has 0 spiro atoms. The molecule has 1 saturated heterocycles. The van der Waals surface area contributed by atoms with Gasteiger partial charge in [0.25, 0.3) is 0 Å². The van der Waals surface area contributed by atoms with Crippen molar-refractivity contribution in [3.05, 3.63) is 23.8 Å². The van der Waals surface area contributed by atoms with Gasteiger partial charge in [0.15, 0.2) is 0 Å². The number of nitrogen functional groups attached to an aromatic ring is 1. The summed E-state index contributed by atoms with van der Waals surface area (Å²) in [5.74, 6) is -1.34. The van der Waals surface area contributed by atoms with Crippen LogP contribution in [-0.2, 0) is 10.0 Å². The van der Waals surface area contributed by atoms with E-state index in [0.29, 0.717) is 0 Å². The van der Waals surface area contributed by atoms with Crippen molar-refractivity contribution in [3.63, 3.8) is 0 Å². The van der Waals surface area contributed by atoms with Gasteiger partial charge in [0.05, 0.1) is 16.6 Å². The third-order valence-corrected chi connectivity index (χ3v) is 4.55. The minimum Gasteiger partial charge on any atom is -0.478 e. The maximum Gasteiger partial charge on any atom is 0.337 e. The first-order valence-electron chi connectivity index (χ1n) is 5.13. The van der Waals surface area contributed by atoms with Crippen molar-refractivity contribution < 1.29 is 23.4 Å². The monoisotopic (exact) mass is 272 g/mol. The Kier molecular flexibility index (Phi) is 3.01. The molecule has 0 amide bonds. The maximum absolute atomic E-state index is 12.1. The molecule has 0 atom stereocenters. The van der Waals surface area contributed by atoms with E-state index < -0.39 is 22.1 Å². The maximum atomic E-state index is 12.1. The lowest BCUT2D eigenvalue weighted by Crippen LogP contribution is -2.53. The van der Waals surface area contributed by atoms with Crippen molar-refractivity contribution in [2.75, 3.05) is 18.8 Å². The first-order chi connectivity index (χ1) is 8.32. The molecule has 1 fully saturated rings. The average Bonchev–Trinajstić information content (AvgIpc) is 2.24. The lowest BCUT2D eigenvalue weighted by molar-refractivity contribution is 0.0546. The molecule has 8 heteroatoms. The van der Waals surface area contributed by atoms with Crippen LogP contribution in [0.4, 0.5) is 5.69 Å². The Labute approximate surface area is 103 Å². The summed E-state index contributed by atoms with van der Waals surface area (Å²) < 4.78 is 25.3. The summed E-state index contributed by atoms with van der Waals surface area (Å²) in [4.78, 5) is 10.7. The molecule has 2 rings (SSSR count). The summed E-state index contributed by atoms with van der Waals surface area (Å²) in [5.41, 5.74) is 5.32. The highest BCUT2D eigenvalue weighted by atomic mass is 32.2. The summed E-state index contributed by atoms with van der Waals surface area (Å²) in [7, 11) is -3.92. The van der Waals surface area contributed by atoms with E-state index in [4.69, 9.17) is 15.9 Å². The summed E-state index contributed by atoms with van der Waals surface area (Å²) in [6.07, 6.45) is -0.700. The van der Waals surface area contributed by atoms with Gasteiger partial charge in [-0.25, -0.2) is 13.2 Å². The molecule has 1 aromatic carbocycles. The second-order valence-corrected chi connectivity index (χ2v) is 5.94. The van der Waals surface area contributed by atoms with Crippen molar-refractivity contribution in [1.29, 1.82) is 0 Å². The van der Waals surface area contributed by atoms with Gasteiger partial charge >= 0.3 is 5.97 Å². The van der Waals surface area contributed by atoms with Crippen molar-refractivity contribution in [1.82, 2.24) is 4.31 Å². The number of aromatic carboxylic acids is 1. The van der Waals surface area contributed by atoms with Gasteiger partial charge in [-0.2, -0.15) is 4.31 Å². The predicted octanol–water partition coefficient (Wildman–Crippen LogP) is -0.668. The highest BCUT2D eigenvalue weighted by Crippen LogP contribution is 2.26. The predicted molar refractivity (Wildman–Crippen MR) is 62.6 cm³/mol. The van der Waals surface area contributed by atoms with Crippen LogP contribution in [0.3, 0.4) is 0 Å². The van der Waals surface area contributed by atoms with Crippen molar-refractivity contribution in [2.45, 2.75) is 11.0 Å². The fraction of sp³-hybridized carbons (Fsp3) is 0.300. The molecule has 1 aliphatic heterocycles. The largest absolute Gasteiger partial charge is 0.478 e. The Morgan fingerprint density at radius 3 is 2.50 bits per heavy atom. The third kappa shape index (κ3) is 2.05. The fourth-order valence-corrected chi connectivity index (χ4v) is 3.41. The number of sulfonamides is 1. The zero-order chi connectivity index (χ0) is 13.5. The van der Waals surface area contributed by atoms with Gasteiger partial charge in [-0.05, 0) is 18.2 Å². The SMILES string of the molecule is Nc1ccc(C(=O)O)c(S(=O)(=O)N2CC(O)C2)c1. The number of benzene rings is 1. The molecule has 1 aromatic rings. The molecule has 0 aliphatic carbocycles. The van der Waals surface area contributed by atoms with Crippen LogP contribution in [0.5, 0.6) is 0 Å². The summed E-state index contributed by atoms with van der Waals surface area (Å²) in [6.45, 7) is -0.0631. The van der Waals surface area contributed by atoms with Gasteiger partial charge < -0.3 is 15.9 Å². The minimum absolute atomic E-state index is 0.0316. The zero-order valence-electron chi connectivity index (χ0n) is 9.28. The van der Waals surface area contributed by atoms with Crippen LogP contribution in [0.25, 0.3) is 0 Å². The van der Waals surface area contributed by atoms with Crippen LogP contribution in [-0.4, -0.2) is 48.1 Å². The molecule has 0 radical (unpaired) electrons. The standard InChI is InChI=1S/C10H12N2O5S/c11-6-1-2-8(10(14)15)9(3-6)18(16,17)12-4-7(13)5-12/h1-3,7,13H,4-5,11H2,(H,14,15). The Bertz CT molecular complexity index is 592. The molecule has 1 aliphatic rings. The molecule has 18 heavy (non-hydrogen) atoms. The van der Waals surface area contributed by atoms with E-state index in [-0.39, 0.29) is 29.2 Å². The number of rotatable bonds is 3. The normalized spacial score (nSPS) is 17.4. The van der Waals surface area contributed by atoms with Crippen LogP contribution in [0.15, 0.2) is 23.1 Å². The van der Waals surface area contributed by atoms with Gasteiger partial charge in [0, 0.05) is 18.8 Å². The first-order valence-corrected chi connectivity index (χ1v) is 6.57. The molecule has 98 valence electrons. The van der Waals surface area contributed by atoms with Gasteiger partial charge in [-0.1, -0.05) is 0 Å². The molecule has 7 nitrogen and oxygen atoms in total. The number of anilines is 1. The average molecular weight is 272 g/mol. The molecule has 0 bridgehead atoms. The number of carboxylic acids is 1. The number of aliphatic hydroxyl groups excluding tert-OH is 1. The summed E-state index contributed by atoms with van der Waals surface area (Å²) in [6, 6.07) is 3.59. The Morgan fingerprint density at radius 2 is 2.00 bits per heavy atom. The molecular formula is C10H12N2O5S. The van der Waals surface area contributed by atoms with Crippen LogP contribution >= 0.6 is 0 Å². The van der Waals surface area contributed by atoms with Crippen molar-refractivity contribution in [3.8, 4) is 0 Å². The minimum atomic E-state index is -3.92. The number of hydrogen-bond acceptors (Lipinski definition) is 5. The summed E-state index contributed by atoms with van der Waals surface area (Å²) >= 11 is 0. The number of hydrogen-bond donors (Lipinski definition) is 3. The number of nitrogens with two attached hydrogens (primary N) is 1. The number of nitrogens with zero attached hydrogens (tertiary/aromatic N) is 1. The second-order valence-electron chi connectivity index (χ2n) is 4.04. The Hall–Kier alpha value is -1.64. The number of carboxylic acid groups (broad SMARTS) is 1. The quantitative estimate of drug-likeness (QED) is 0.628. The van der Waals surface area contributed by atoms with Gasteiger partial charge in [0.1, 0.15) is 0 Å². The first kappa shape index (κ1) is 12.8. The molecule has 0 unspecified atom stereocenters. The van der Waals surface area contributed by atoms with E-state index in [1.165, 1.54) is 6.07 Å². The molecule has 4 N–H and O–H groups in total.